The summed E-state index contributed by atoms with van der Waals surface area (Å²) in [6.45, 7) is 5.02. The van der Waals surface area contributed by atoms with Crippen LogP contribution in [0.5, 0.6) is 0 Å². The van der Waals surface area contributed by atoms with Crippen molar-refractivity contribution in [3.63, 3.8) is 0 Å². The molecule has 0 aliphatic carbocycles. The highest BCUT2D eigenvalue weighted by molar-refractivity contribution is 7.89. The SMILES string of the molecule is CCCn1c(C2(C)CCCO2)nnc1S(N)(=O)=O. The van der Waals surface area contributed by atoms with E-state index in [4.69, 9.17) is 9.88 Å². The van der Waals surface area contributed by atoms with Gasteiger partial charge in [0.1, 0.15) is 5.60 Å². The molecule has 0 bridgehead atoms. The van der Waals surface area contributed by atoms with Crippen LogP contribution in [0, 0.1) is 0 Å². The molecule has 1 atom stereocenters. The van der Waals surface area contributed by atoms with Gasteiger partial charge in [-0.15, -0.1) is 10.2 Å². The van der Waals surface area contributed by atoms with Gasteiger partial charge in [-0.05, 0) is 26.2 Å². The topological polar surface area (TPSA) is 100 Å². The lowest BCUT2D eigenvalue weighted by atomic mass is 10.0. The average molecular weight is 274 g/mol. The lowest BCUT2D eigenvalue weighted by Crippen LogP contribution is -2.27. The van der Waals surface area contributed by atoms with Crippen molar-refractivity contribution >= 4 is 10.0 Å². The number of nitrogens with zero attached hydrogens (tertiary/aromatic N) is 3. The first-order chi connectivity index (χ1) is 8.38. The molecule has 0 radical (unpaired) electrons. The van der Waals surface area contributed by atoms with Crippen molar-refractivity contribution in [1.82, 2.24) is 14.8 Å². The van der Waals surface area contributed by atoms with Gasteiger partial charge in [0.05, 0.1) is 0 Å². The van der Waals surface area contributed by atoms with Crippen LogP contribution in [0.1, 0.15) is 38.9 Å². The summed E-state index contributed by atoms with van der Waals surface area (Å²) in [5.74, 6) is 0.547. The van der Waals surface area contributed by atoms with Crippen LogP contribution in [0.25, 0.3) is 0 Å². The Morgan fingerprint density at radius 3 is 2.72 bits per heavy atom. The van der Waals surface area contributed by atoms with Gasteiger partial charge in [-0.25, -0.2) is 13.6 Å². The zero-order valence-corrected chi connectivity index (χ0v) is 11.4. The molecule has 1 aromatic rings. The number of nitrogens with two attached hydrogens (primary N) is 1. The van der Waals surface area contributed by atoms with Crippen LogP contribution >= 0.6 is 0 Å². The summed E-state index contributed by atoms with van der Waals surface area (Å²) < 4.78 is 30.2. The number of sulfonamides is 1. The van der Waals surface area contributed by atoms with Gasteiger partial charge in [0.25, 0.3) is 15.2 Å². The largest absolute Gasteiger partial charge is 0.367 e. The Morgan fingerprint density at radius 2 is 2.22 bits per heavy atom. The molecule has 1 saturated heterocycles. The highest BCUT2D eigenvalue weighted by Crippen LogP contribution is 2.35. The van der Waals surface area contributed by atoms with E-state index in [-0.39, 0.29) is 5.16 Å². The number of hydrogen-bond acceptors (Lipinski definition) is 5. The third-order valence-electron chi connectivity index (χ3n) is 3.11. The van der Waals surface area contributed by atoms with Gasteiger partial charge in [0.15, 0.2) is 5.82 Å². The standard InChI is InChI=1S/C10H18N4O3S/c1-3-6-14-8(10(2)5-4-7-17-10)12-13-9(14)18(11,15)16/h3-7H2,1-2H3,(H2,11,15,16). The number of rotatable bonds is 4. The van der Waals surface area contributed by atoms with Crippen molar-refractivity contribution in [2.24, 2.45) is 5.14 Å². The third kappa shape index (κ3) is 2.27. The first-order valence-corrected chi connectivity index (χ1v) is 7.53. The zero-order chi connectivity index (χ0) is 13.4. The van der Waals surface area contributed by atoms with E-state index in [2.05, 4.69) is 10.2 Å². The Bertz CT molecular complexity index is 531. The normalized spacial score (nSPS) is 24.6. The molecule has 18 heavy (non-hydrogen) atoms. The summed E-state index contributed by atoms with van der Waals surface area (Å²) in [6, 6.07) is 0. The molecule has 1 unspecified atom stereocenters. The lowest BCUT2D eigenvalue weighted by molar-refractivity contribution is 0.00573. The van der Waals surface area contributed by atoms with Gasteiger partial charge in [-0.2, -0.15) is 0 Å². The first kappa shape index (κ1) is 13.4. The van der Waals surface area contributed by atoms with Crippen molar-refractivity contribution < 1.29 is 13.2 Å². The van der Waals surface area contributed by atoms with Gasteiger partial charge in [0.2, 0.25) is 0 Å². The van der Waals surface area contributed by atoms with Gasteiger partial charge in [-0.1, -0.05) is 6.92 Å². The zero-order valence-electron chi connectivity index (χ0n) is 10.6. The summed E-state index contributed by atoms with van der Waals surface area (Å²) in [7, 11) is -3.86. The number of primary sulfonamides is 1. The van der Waals surface area contributed by atoms with E-state index in [1.165, 1.54) is 0 Å². The van der Waals surface area contributed by atoms with Crippen molar-refractivity contribution in [3.05, 3.63) is 5.82 Å². The maximum absolute atomic E-state index is 11.5. The van der Waals surface area contributed by atoms with Crippen LogP contribution in [-0.2, 0) is 26.9 Å². The fourth-order valence-electron chi connectivity index (χ4n) is 2.27. The van der Waals surface area contributed by atoms with Crippen molar-refractivity contribution in [2.45, 2.75) is 50.4 Å². The van der Waals surface area contributed by atoms with Gasteiger partial charge < -0.3 is 4.74 Å². The molecular formula is C10H18N4O3S. The third-order valence-corrected chi connectivity index (χ3v) is 3.92. The smallest absolute Gasteiger partial charge is 0.273 e. The molecule has 1 aliphatic heterocycles. The van der Waals surface area contributed by atoms with Gasteiger partial charge >= 0.3 is 0 Å². The van der Waals surface area contributed by atoms with Crippen LogP contribution in [-0.4, -0.2) is 29.8 Å². The van der Waals surface area contributed by atoms with Crippen molar-refractivity contribution in [2.75, 3.05) is 6.61 Å². The fraction of sp³-hybridized carbons (Fsp3) is 0.800. The Balaban J connectivity index is 2.52. The monoisotopic (exact) mass is 274 g/mol. The molecule has 0 aromatic carbocycles. The van der Waals surface area contributed by atoms with E-state index in [9.17, 15) is 8.42 Å². The summed E-state index contributed by atoms with van der Waals surface area (Å²) in [5, 5.41) is 12.7. The number of hydrogen-bond donors (Lipinski definition) is 1. The Hall–Kier alpha value is -0.990. The molecule has 0 spiro atoms. The molecule has 7 nitrogen and oxygen atoms in total. The molecule has 0 amide bonds. The molecule has 2 N–H and O–H groups in total. The van der Waals surface area contributed by atoms with Crippen LogP contribution in [0.15, 0.2) is 5.16 Å². The maximum Gasteiger partial charge on any atom is 0.273 e. The van der Waals surface area contributed by atoms with E-state index in [1.807, 2.05) is 13.8 Å². The molecular weight excluding hydrogens is 256 g/mol. The molecule has 2 heterocycles. The number of aromatic nitrogens is 3. The summed E-state index contributed by atoms with van der Waals surface area (Å²) >= 11 is 0. The maximum atomic E-state index is 11.5. The number of ether oxygens (including phenoxy) is 1. The fourth-order valence-corrected chi connectivity index (χ4v) is 2.91. The summed E-state index contributed by atoms with van der Waals surface area (Å²) in [5.41, 5.74) is -0.564. The molecule has 102 valence electrons. The minimum atomic E-state index is -3.86. The van der Waals surface area contributed by atoms with Gasteiger partial charge in [0, 0.05) is 13.2 Å². The minimum absolute atomic E-state index is 0.184. The minimum Gasteiger partial charge on any atom is -0.367 e. The predicted molar refractivity (Wildman–Crippen MR) is 64.2 cm³/mol. The summed E-state index contributed by atoms with van der Waals surface area (Å²) in [6.07, 6.45) is 2.50. The second-order valence-electron chi connectivity index (χ2n) is 4.69. The molecule has 0 saturated carbocycles. The quantitative estimate of drug-likeness (QED) is 0.854. The highest BCUT2D eigenvalue weighted by atomic mass is 32.2. The van der Waals surface area contributed by atoms with Crippen molar-refractivity contribution in [3.8, 4) is 0 Å². The Labute approximate surface area is 106 Å². The van der Waals surface area contributed by atoms with E-state index in [1.54, 1.807) is 4.57 Å². The molecule has 2 rings (SSSR count). The summed E-state index contributed by atoms with van der Waals surface area (Å²) in [4.78, 5) is 0. The van der Waals surface area contributed by atoms with Crippen LogP contribution in [0.3, 0.4) is 0 Å². The van der Waals surface area contributed by atoms with Crippen LogP contribution in [0.4, 0.5) is 0 Å². The Morgan fingerprint density at radius 1 is 1.50 bits per heavy atom. The Kier molecular flexibility index (Phi) is 3.43. The lowest BCUT2D eigenvalue weighted by Gasteiger charge is -2.23. The molecule has 8 heteroatoms. The molecule has 1 fully saturated rings. The van der Waals surface area contributed by atoms with E-state index in [0.717, 1.165) is 19.3 Å². The second-order valence-corrected chi connectivity index (χ2v) is 6.14. The average Bonchev–Trinajstić information content (AvgIpc) is 2.85. The van der Waals surface area contributed by atoms with Gasteiger partial charge in [-0.3, -0.25) is 4.57 Å². The van der Waals surface area contributed by atoms with Crippen LogP contribution < -0.4 is 5.14 Å². The highest BCUT2D eigenvalue weighted by Gasteiger charge is 2.38. The predicted octanol–water partition coefficient (Wildman–Crippen LogP) is 0.361. The molecule has 1 aromatic heterocycles. The van der Waals surface area contributed by atoms with E-state index in [0.29, 0.717) is 19.0 Å². The second kappa shape index (κ2) is 4.60. The first-order valence-electron chi connectivity index (χ1n) is 5.99. The van der Waals surface area contributed by atoms with Crippen LogP contribution in [0.2, 0.25) is 0 Å². The molecule has 1 aliphatic rings. The van der Waals surface area contributed by atoms with E-state index < -0.39 is 15.6 Å². The van der Waals surface area contributed by atoms with E-state index >= 15 is 0 Å². The van der Waals surface area contributed by atoms with Crippen molar-refractivity contribution in [1.29, 1.82) is 0 Å².